The lowest BCUT2D eigenvalue weighted by atomic mass is 9.90. The topological polar surface area (TPSA) is 142 Å². The third-order valence-electron chi connectivity index (χ3n) is 6.54. The van der Waals surface area contributed by atoms with E-state index in [0.717, 1.165) is 45.7 Å². The number of rotatable bonds is 3. The molecular weight excluding hydrogens is 500 g/mol. The Morgan fingerprint density at radius 2 is 1.68 bits per heavy atom. The zero-order valence-corrected chi connectivity index (χ0v) is 21.0. The van der Waals surface area contributed by atoms with Crippen LogP contribution in [-0.4, -0.2) is 10.9 Å². The number of amides is 1. The standard InChI is InChI=1S/C28H18N6OS2/c29-12-18-17-11-10-14-6-4-5-9-16(14)23(17)36-27(18)34-26(35)24-22(31)21-20(15-7-2-1-3-8-15)19(13-30)25(32)33-28(21)37-24/h1-9H,10-11,31H2,(H2,32,33)(H,34,35). The zero-order valence-electron chi connectivity index (χ0n) is 19.3. The molecule has 0 spiro atoms. The van der Waals surface area contributed by atoms with Gasteiger partial charge in [-0.3, -0.25) is 4.79 Å². The summed E-state index contributed by atoms with van der Waals surface area (Å²) in [4.78, 5) is 19.6. The number of nitriles is 2. The molecule has 1 aliphatic rings. The number of hydrogen-bond acceptors (Lipinski definition) is 8. The molecule has 0 radical (unpaired) electrons. The first-order valence-electron chi connectivity index (χ1n) is 11.4. The van der Waals surface area contributed by atoms with Crippen LogP contribution in [0.2, 0.25) is 0 Å². The Labute approximate surface area is 220 Å². The molecule has 1 amide bonds. The molecule has 0 saturated carbocycles. The van der Waals surface area contributed by atoms with Crippen molar-refractivity contribution >= 4 is 55.3 Å². The van der Waals surface area contributed by atoms with Crippen LogP contribution in [0.15, 0.2) is 54.6 Å². The highest BCUT2D eigenvalue weighted by Crippen LogP contribution is 2.46. The number of nitrogens with one attached hydrogen (secondary N) is 1. The van der Waals surface area contributed by atoms with Crippen molar-refractivity contribution in [3.63, 3.8) is 0 Å². The number of nitrogens with zero attached hydrogens (tertiary/aromatic N) is 3. The van der Waals surface area contributed by atoms with E-state index >= 15 is 0 Å². The number of thiophene rings is 2. The van der Waals surface area contributed by atoms with Gasteiger partial charge in [0.25, 0.3) is 5.91 Å². The molecule has 5 aromatic rings. The molecule has 0 saturated heterocycles. The average molecular weight is 519 g/mol. The number of aryl methyl sites for hydroxylation is 1. The fourth-order valence-electron chi connectivity index (χ4n) is 4.85. The van der Waals surface area contributed by atoms with Gasteiger partial charge in [0.2, 0.25) is 0 Å². The Morgan fingerprint density at radius 3 is 2.43 bits per heavy atom. The number of nitrogens with two attached hydrogens (primary N) is 2. The summed E-state index contributed by atoms with van der Waals surface area (Å²) in [5, 5.41) is 23.7. The van der Waals surface area contributed by atoms with Crippen molar-refractivity contribution in [2.24, 2.45) is 0 Å². The molecule has 9 heteroatoms. The normalized spacial score (nSPS) is 11.8. The third kappa shape index (κ3) is 3.53. The lowest BCUT2D eigenvalue weighted by Gasteiger charge is -2.15. The third-order valence-corrected chi connectivity index (χ3v) is 8.82. The van der Waals surface area contributed by atoms with Crippen LogP contribution in [-0.2, 0) is 12.8 Å². The van der Waals surface area contributed by atoms with Gasteiger partial charge in [0.05, 0.1) is 11.3 Å². The van der Waals surface area contributed by atoms with E-state index in [4.69, 9.17) is 11.5 Å². The van der Waals surface area contributed by atoms with E-state index in [0.29, 0.717) is 26.3 Å². The first-order chi connectivity index (χ1) is 18.0. The van der Waals surface area contributed by atoms with Crippen molar-refractivity contribution in [3.8, 4) is 33.7 Å². The van der Waals surface area contributed by atoms with Gasteiger partial charge < -0.3 is 16.8 Å². The van der Waals surface area contributed by atoms with Gasteiger partial charge in [-0.25, -0.2) is 4.98 Å². The van der Waals surface area contributed by atoms with E-state index < -0.39 is 5.91 Å². The average Bonchev–Trinajstić information content (AvgIpc) is 3.44. The summed E-state index contributed by atoms with van der Waals surface area (Å²) in [7, 11) is 0. The molecule has 3 heterocycles. The van der Waals surface area contributed by atoms with E-state index in [-0.39, 0.29) is 21.9 Å². The van der Waals surface area contributed by atoms with Crippen LogP contribution in [0.4, 0.5) is 16.5 Å². The number of pyridine rings is 1. The maximum Gasteiger partial charge on any atom is 0.268 e. The minimum Gasteiger partial charge on any atom is -0.397 e. The van der Waals surface area contributed by atoms with Gasteiger partial charge in [-0.05, 0) is 35.1 Å². The highest BCUT2D eigenvalue weighted by molar-refractivity contribution is 7.22. The minimum absolute atomic E-state index is 0.0819. The first kappa shape index (κ1) is 22.7. The van der Waals surface area contributed by atoms with Gasteiger partial charge in [0.15, 0.2) is 0 Å². The SMILES string of the molecule is N#Cc1c(NC(=O)c2sc3nc(N)c(C#N)c(-c4ccccc4)c3c2N)sc2c1CCc1ccccc1-2. The van der Waals surface area contributed by atoms with Crippen molar-refractivity contribution in [1.82, 2.24) is 4.98 Å². The summed E-state index contributed by atoms with van der Waals surface area (Å²) in [6, 6.07) is 21.9. The van der Waals surface area contributed by atoms with Gasteiger partial charge in [0.1, 0.15) is 38.2 Å². The van der Waals surface area contributed by atoms with Crippen molar-refractivity contribution < 1.29 is 4.79 Å². The van der Waals surface area contributed by atoms with Gasteiger partial charge in [0, 0.05) is 15.8 Å². The first-order valence-corrected chi connectivity index (χ1v) is 13.1. The van der Waals surface area contributed by atoms with E-state index in [1.54, 1.807) is 0 Å². The van der Waals surface area contributed by atoms with Gasteiger partial charge in [-0.2, -0.15) is 10.5 Å². The summed E-state index contributed by atoms with van der Waals surface area (Å²) in [5.74, 6) is -0.349. The monoisotopic (exact) mass is 518 g/mol. The number of benzene rings is 2. The molecule has 0 bridgehead atoms. The van der Waals surface area contributed by atoms with Gasteiger partial charge >= 0.3 is 0 Å². The molecule has 0 aliphatic heterocycles. The number of carbonyl (C=O) groups excluding carboxylic acids is 1. The Bertz CT molecular complexity index is 1820. The predicted octanol–water partition coefficient (Wildman–Crippen LogP) is 5.95. The summed E-state index contributed by atoms with van der Waals surface area (Å²) < 4.78 is 0. The second-order valence-corrected chi connectivity index (χ2v) is 10.6. The maximum atomic E-state index is 13.5. The Balaban J connectivity index is 1.46. The Kier molecular flexibility index (Phi) is 5.38. The molecule has 6 rings (SSSR count). The summed E-state index contributed by atoms with van der Waals surface area (Å²) in [6.07, 6.45) is 1.59. The van der Waals surface area contributed by atoms with Crippen LogP contribution in [0.1, 0.15) is 31.9 Å². The molecular formula is C28H18N6OS2. The van der Waals surface area contributed by atoms with Crippen molar-refractivity contribution in [1.29, 1.82) is 10.5 Å². The molecule has 7 nitrogen and oxygen atoms in total. The quantitative estimate of drug-likeness (QED) is 0.269. The molecule has 0 atom stereocenters. The van der Waals surface area contributed by atoms with Crippen molar-refractivity contribution in [2.45, 2.75) is 12.8 Å². The van der Waals surface area contributed by atoms with Crippen LogP contribution in [0.25, 0.3) is 31.8 Å². The lowest BCUT2D eigenvalue weighted by molar-refractivity contribution is 0.103. The zero-order chi connectivity index (χ0) is 25.7. The van der Waals surface area contributed by atoms with Crippen LogP contribution >= 0.6 is 22.7 Å². The fraction of sp³-hybridized carbons (Fsp3) is 0.0714. The van der Waals surface area contributed by atoms with E-state index in [9.17, 15) is 15.3 Å². The predicted molar refractivity (Wildman–Crippen MR) is 148 cm³/mol. The molecule has 3 aromatic heterocycles. The Hall–Kier alpha value is -4.70. The Morgan fingerprint density at radius 1 is 0.946 bits per heavy atom. The van der Waals surface area contributed by atoms with Crippen molar-refractivity contribution in [2.75, 3.05) is 16.8 Å². The second kappa shape index (κ2) is 8.75. The lowest BCUT2D eigenvalue weighted by Crippen LogP contribution is -2.12. The molecule has 5 N–H and O–H groups in total. The smallest absolute Gasteiger partial charge is 0.268 e. The molecule has 178 valence electrons. The number of nitrogen functional groups attached to an aromatic ring is 2. The highest BCUT2D eigenvalue weighted by atomic mass is 32.1. The van der Waals surface area contributed by atoms with E-state index in [2.05, 4.69) is 34.6 Å². The fourth-order valence-corrected chi connectivity index (χ4v) is 7.11. The van der Waals surface area contributed by atoms with Crippen molar-refractivity contribution in [3.05, 3.63) is 81.7 Å². The van der Waals surface area contributed by atoms with Crippen LogP contribution in [0, 0.1) is 22.7 Å². The summed E-state index contributed by atoms with van der Waals surface area (Å²) in [5.41, 5.74) is 18.2. The number of hydrogen-bond donors (Lipinski definition) is 3. The number of carbonyl (C=O) groups is 1. The van der Waals surface area contributed by atoms with Gasteiger partial charge in [-0.1, -0.05) is 54.6 Å². The maximum absolute atomic E-state index is 13.5. The second-order valence-electron chi connectivity index (χ2n) is 8.59. The largest absolute Gasteiger partial charge is 0.397 e. The molecule has 0 fully saturated rings. The molecule has 1 aliphatic carbocycles. The molecule has 37 heavy (non-hydrogen) atoms. The van der Waals surface area contributed by atoms with Crippen LogP contribution in [0.3, 0.4) is 0 Å². The summed E-state index contributed by atoms with van der Waals surface area (Å²) in [6.45, 7) is 0. The van der Waals surface area contributed by atoms with Crippen LogP contribution < -0.4 is 16.8 Å². The molecule has 2 aromatic carbocycles. The number of anilines is 3. The van der Waals surface area contributed by atoms with E-state index in [1.807, 2.05) is 42.5 Å². The summed E-state index contributed by atoms with van der Waals surface area (Å²) >= 11 is 2.52. The minimum atomic E-state index is -0.431. The molecule has 0 unspecified atom stereocenters. The van der Waals surface area contributed by atoms with Crippen LogP contribution in [0.5, 0.6) is 0 Å². The van der Waals surface area contributed by atoms with Gasteiger partial charge in [-0.15, -0.1) is 22.7 Å². The number of aromatic nitrogens is 1. The number of fused-ring (bicyclic) bond motifs is 4. The highest BCUT2D eigenvalue weighted by Gasteiger charge is 2.28. The van der Waals surface area contributed by atoms with E-state index in [1.165, 1.54) is 16.9 Å².